The Morgan fingerprint density at radius 2 is 1.84 bits per heavy atom. The quantitative estimate of drug-likeness (QED) is 0.555. The highest BCUT2D eigenvalue weighted by molar-refractivity contribution is 5.85. The van der Waals surface area contributed by atoms with Crippen LogP contribution in [0, 0.1) is 0 Å². The molecule has 0 radical (unpaired) electrons. The van der Waals surface area contributed by atoms with Gasteiger partial charge in [-0.05, 0) is 39.0 Å². The number of likely N-dealkylation sites (N-methyl/N-ethyl adjacent to an activating group) is 1. The number of rotatable bonds is 5. The van der Waals surface area contributed by atoms with E-state index >= 15 is 0 Å². The Kier molecular flexibility index (Phi) is 6.17. The Morgan fingerprint density at radius 3 is 2.48 bits per heavy atom. The van der Waals surface area contributed by atoms with Crippen LogP contribution in [-0.4, -0.2) is 86.2 Å². The number of guanidine groups is 1. The zero-order valence-electron chi connectivity index (χ0n) is 15.8. The predicted octanol–water partition coefficient (Wildman–Crippen LogP) is 0.414. The van der Waals surface area contributed by atoms with Crippen LogP contribution in [0.4, 0.5) is 0 Å². The molecule has 0 spiro atoms. The number of carbonyl (C=O) groups is 1. The number of hydrogen-bond donors (Lipinski definition) is 2. The lowest BCUT2D eigenvalue weighted by molar-refractivity contribution is -0.127. The van der Waals surface area contributed by atoms with Crippen molar-refractivity contribution in [2.24, 2.45) is 4.99 Å². The smallest absolute Gasteiger partial charge is 0.243 e. The van der Waals surface area contributed by atoms with Crippen molar-refractivity contribution in [3.63, 3.8) is 0 Å². The van der Waals surface area contributed by atoms with Crippen molar-refractivity contribution < 1.29 is 9.53 Å². The molecule has 0 aromatic heterocycles. The molecule has 0 aromatic rings. The maximum atomic E-state index is 11.9. The van der Waals surface area contributed by atoms with Gasteiger partial charge in [0.05, 0.1) is 0 Å². The number of aliphatic imine (C=N–C) groups is 1. The summed E-state index contributed by atoms with van der Waals surface area (Å²) in [6, 6.07) is 2.18. The van der Waals surface area contributed by atoms with E-state index in [9.17, 15) is 4.79 Å². The van der Waals surface area contributed by atoms with E-state index in [2.05, 4.69) is 27.4 Å². The van der Waals surface area contributed by atoms with Crippen molar-refractivity contribution >= 4 is 11.9 Å². The van der Waals surface area contributed by atoms with Gasteiger partial charge in [0, 0.05) is 58.0 Å². The molecule has 0 aromatic carbocycles. The largest absolute Gasteiger partial charge is 0.381 e. The van der Waals surface area contributed by atoms with Gasteiger partial charge in [-0.1, -0.05) is 0 Å². The van der Waals surface area contributed by atoms with E-state index < -0.39 is 0 Å². The van der Waals surface area contributed by atoms with Crippen molar-refractivity contribution in [2.75, 3.05) is 40.4 Å². The number of nitrogens with zero attached hydrogens (tertiary/aromatic N) is 3. The van der Waals surface area contributed by atoms with Crippen molar-refractivity contribution in [1.82, 2.24) is 20.4 Å². The maximum Gasteiger partial charge on any atom is 0.243 e. The van der Waals surface area contributed by atoms with Gasteiger partial charge in [0.15, 0.2) is 5.96 Å². The predicted molar refractivity (Wildman–Crippen MR) is 98.7 cm³/mol. The molecular weight excluding hydrogens is 318 g/mol. The third kappa shape index (κ3) is 5.31. The van der Waals surface area contributed by atoms with Crippen molar-refractivity contribution in [2.45, 2.75) is 63.2 Å². The first-order chi connectivity index (χ1) is 12.0. The average Bonchev–Trinajstić information content (AvgIpc) is 3.36. The van der Waals surface area contributed by atoms with Crippen molar-refractivity contribution in [1.29, 1.82) is 0 Å². The highest BCUT2D eigenvalue weighted by Crippen LogP contribution is 2.33. The van der Waals surface area contributed by atoms with E-state index in [1.807, 2.05) is 0 Å². The Balaban J connectivity index is 1.58. The molecule has 3 rings (SSSR count). The standard InChI is InChI=1S/C18H33N5O2/c1-13-10-15(12-23(13)16-4-5-16)21-18(19-11-17(24)22(2)3)20-14-6-8-25-9-7-14/h13-16H,4-12H2,1-3H3,(H2,19,20,21). The second-order valence-corrected chi connectivity index (χ2v) is 7.84. The normalized spacial score (nSPS) is 28.8. The number of hydrogen-bond acceptors (Lipinski definition) is 4. The number of ether oxygens (including phenoxy) is 1. The third-order valence-corrected chi connectivity index (χ3v) is 5.41. The fourth-order valence-corrected chi connectivity index (χ4v) is 3.73. The van der Waals surface area contributed by atoms with E-state index in [-0.39, 0.29) is 12.5 Å². The summed E-state index contributed by atoms with van der Waals surface area (Å²) in [4.78, 5) is 20.7. The topological polar surface area (TPSA) is 69.2 Å². The fraction of sp³-hybridized carbons (Fsp3) is 0.889. The fourth-order valence-electron chi connectivity index (χ4n) is 3.73. The summed E-state index contributed by atoms with van der Waals surface area (Å²) in [6.07, 6.45) is 5.78. The SMILES string of the molecule is CC1CC(NC(=NCC(=O)N(C)C)NC2CCOCC2)CN1C1CC1. The van der Waals surface area contributed by atoms with E-state index in [0.29, 0.717) is 18.1 Å². The molecule has 2 N–H and O–H groups in total. The lowest BCUT2D eigenvalue weighted by atomic mass is 10.1. The Hall–Kier alpha value is -1.34. The monoisotopic (exact) mass is 351 g/mol. The first kappa shape index (κ1) is 18.5. The highest BCUT2D eigenvalue weighted by Gasteiger charge is 2.39. The highest BCUT2D eigenvalue weighted by atomic mass is 16.5. The number of nitrogens with one attached hydrogen (secondary N) is 2. The summed E-state index contributed by atoms with van der Waals surface area (Å²) in [7, 11) is 3.53. The molecule has 2 saturated heterocycles. The molecule has 2 atom stereocenters. The molecular formula is C18H33N5O2. The molecule has 142 valence electrons. The van der Waals surface area contributed by atoms with Crippen LogP contribution in [0.15, 0.2) is 4.99 Å². The van der Waals surface area contributed by atoms with Crippen molar-refractivity contribution in [3.8, 4) is 0 Å². The van der Waals surface area contributed by atoms with Gasteiger partial charge in [-0.2, -0.15) is 0 Å². The van der Waals surface area contributed by atoms with Crippen molar-refractivity contribution in [3.05, 3.63) is 0 Å². The summed E-state index contributed by atoms with van der Waals surface area (Å²) in [5, 5.41) is 7.11. The Labute approximate surface area is 151 Å². The summed E-state index contributed by atoms with van der Waals surface area (Å²) >= 11 is 0. The molecule has 1 amide bonds. The van der Waals surface area contributed by atoms with Crippen LogP contribution in [-0.2, 0) is 9.53 Å². The average molecular weight is 351 g/mol. The van der Waals surface area contributed by atoms with Crippen LogP contribution >= 0.6 is 0 Å². The molecule has 2 heterocycles. The zero-order chi connectivity index (χ0) is 17.8. The minimum Gasteiger partial charge on any atom is -0.381 e. The molecule has 3 aliphatic rings. The summed E-state index contributed by atoms with van der Waals surface area (Å²) in [5.41, 5.74) is 0. The minimum absolute atomic E-state index is 0.0208. The van der Waals surface area contributed by atoms with Crippen LogP contribution in [0.2, 0.25) is 0 Å². The van der Waals surface area contributed by atoms with E-state index in [1.165, 1.54) is 12.8 Å². The summed E-state index contributed by atoms with van der Waals surface area (Å²) in [5.74, 6) is 0.796. The number of amides is 1. The lowest BCUT2D eigenvalue weighted by Gasteiger charge is -2.27. The first-order valence-electron chi connectivity index (χ1n) is 9.64. The maximum absolute atomic E-state index is 11.9. The van der Waals surface area contributed by atoms with Gasteiger partial charge in [-0.15, -0.1) is 0 Å². The van der Waals surface area contributed by atoms with Gasteiger partial charge in [0.2, 0.25) is 5.91 Å². The molecule has 3 fully saturated rings. The Bertz CT molecular complexity index is 486. The number of likely N-dealkylation sites (tertiary alicyclic amines) is 1. The minimum atomic E-state index is 0.0208. The van der Waals surface area contributed by atoms with Gasteiger partial charge < -0.3 is 20.3 Å². The number of carbonyl (C=O) groups excluding carboxylic acids is 1. The van der Waals surface area contributed by atoms with Gasteiger partial charge >= 0.3 is 0 Å². The van der Waals surface area contributed by atoms with Gasteiger partial charge in [0.1, 0.15) is 6.54 Å². The van der Waals surface area contributed by atoms with Crippen LogP contribution < -0.4 is 10.6 Å². The van der Waals surface area contributed by atoms with Gasteiger partial charge in [-0.3, -0.25) is 9.69 Å². The van der Waals surface area contributed by atoms with Gasteiger partial charge in [0.25, 0.3) is 0 Å². The second-order valence-electron chi connectivity index (χ2n) is 7.84. The van der Waals surface area contributed by atoms with Crippen LogP contribution in [0.3, 0.4) is 0 Å². The molecule has 0 bridgehead atoms. The van der Waals surface area contributed by atoms with E-state index in [0.717, 1.165) is 51.0 Å². The van der Waals surface area contributed by atoms with Crippen LogP contribution in [0.25, 0.3) is 0 Å². The third-order valence-electron chi connectivity index (χ3n) is 5.41. The lowest BCUT2D eigenvalue weighted by Crippen LogP contribution is -2.50. The zero-order valence-corrected chi connectivity index (χ0v) is 15.8. The molecule has 7 nitrogen and oxygen atoms in total. The molecule has 1 saturated carbocycles. The molecule has 2 unspecified atom stereocenters. The second kappa shape index (κ2) is 8.36. The molecule has 7 heteroatoms. The molecule has 25 heavy (non-hydrogen) atoms. The molecule has 2 aliphatic heterocycles. The first-order valence-corrected chi connectivity index (χ1v) is 9.64. The van der Waals surface area contributed by atoms with Crippen LogP contribution in [0.1, 0.15) is 39.0 Å². The van der Waals surface area contributed by atoms with E-state index in [4.69, 9.17) is 4.74 Å². The van der Waals surface area contributed by atoms with Crippen LogP contribution in [0.5, 0.6) is 0 Å². The molecule has 1 aliphatic carbocycles. The summed E-state index contributed by atoms with van der Waals surface area (Å²) < 4.78 is 5.44. The van der Waals surface area contributed by atoms with Gasteiger partial charge in [-0.25, -0.2) is 4.99 Å². The summed E-state index contributed by atoms with van der Waals surface area (Å²) in [6.45, 7) is 5.15. The Morgan fingerprint density at radius 1 is 1.16 bits per heavy atom. The van der Waals surface area contributed by atoms with E-state index in [1.54, 1.807) is 19.0 Å².